The highest BCUT2D eigenvalue weighted by atomic mass is 35.5. The third-order valence-electron chi connectivity index (χ3n) is 2.35. The minimum absolute atomic E-state index is 0.402. The SMILES string of the molecule is Cc1c(Cl)cccc1NCc1ccc(Cl)o1. The molecule has 0 unspecified atom stereocenters. The maximum atomic E-state index is 6.02. The number of hydrogen-bond acceptors (Lipinski definition) is 2. The van der Waals surface area contributed by atoms with Gasteiger partial charge in [0.25, 0.3) is 0 Å². The summed E-state index contributed by atoms with van der Waals surface area (Å²) in [4.78, 5) is 0. The molecule has 2 aromatic rings. The zero-order chi connectivity index (χ0) is 11.5. The van der Waals surface area contributed by atoms with E-state index in [0.717, 1.165) is 22.0 Å². The summed E-state index contributed by atoms with van der Waals surface area (Å²) in [5.74, 6) is 0.796. The number of hydrogen-bond donors (Lipinski definition) is 1. The number of furan rings is 1. The van der Waals surface area contributed by atoms with E-state index in [1.807, 2.05) is 31.2 Å². The highest BCUT2D eigenvalue weighted by Crippen LogP contribution is 2.23. The van der Waals surface area contributed by atoms with Crippen molar-refractivity contribution in [1.29, 1.82) is 0 Å². The summed E-state index contributed by atoms with van der Waals surface area (Å²) in [6.07, 6.45) is 0. The van der Waals surface area contributed by atoms with Gasteiger partial charge in [-0.3, -0.25) is 0 Å². The van der Waals surface area contributed by atoms with Gasteiger partial charge in [0.1, 0.15) is 5.76 Å². The average molecular weight is 256 g/mol. The molecule has 0 amide bonds. The van der Waals surface area contributed by atoms with Crippen molar-refractivity contribution in [3.63, 3.8) is 0 Å². The van der Waals surface area contributed by atoms with Crippen molar-refractivity contribution in [2.45, 2.75) is 13.5 Å². The lowest BCUT2D eigenvalue weighted by atomic mass is 10.2. The summed E-state index contributed by atoms with van der Waals surface area (Å²) in [6, 6.07) is 9.32. The third kappa shape index (κ3) is 2.52. The first-order valence-electron chi connectivity index (χ1n) is 4.90. The molecular weight excluding hydrogens is 245 g/mol. The Bertz CT molecular complexity index is 494. The second-order valence-corrected chi connectivity index (χ2v) is 4.25. The monoisotopic (exact) mass is 255 g/mol. The molecule has 0 saturated heterocycles. The van der Waals surface area contributed by atoms with Crippen molar-refractivity contribution in [1.82, 2.24) is 0 Å². The molecule has 1 heterocycles. The van der Waals surface area contributed by atoms with Crippen molar-refractivity contribution >= 4 is 28.9 Å². The molecule has 84 valence electrons. The minimum atomic E-state index is 0.402. The molecule has 2 nitrogen and oxygen atoms in total. The molecule has 1 N–H and O–H groups in total. The Hall–Kier alpha value is -1.12. The van der Waals surface area contributed by atoms with Crippen LogP contribution in [0.25, 0.3) is 0 Å². The first-order chi connectivity index (χ1) is 7.66. The smallest absolute Gasteiger partial charge is 0.193 e. The first-order valence-corrected chi connectivity index (χ1v) is 5.65. The van der Waals surface area contributed by atoms with Crippen LogP contribution in [0.15, 0.2) is 34.7 Å². The van der Waals surface area contributed by atoms with E-state index in [1.54, 1.807) is 6.07 Å². The van der Waals surface area contributed by atoms with E-state index in [2.05, 4.69) is 5.32 Å². The van der Waals surface area contributed by atoms with Crippen LogP contribution in [-0.2, 0) is 6.54 Å². The van der Waals surface area contributed by atoms with Gasteiger partial charge in [-0.2, -0.15) is 0 Å². The van der Waals surface area contributed by atoms with Gasteiger partial charge in [0.2, 0.25) is 0 Å². The minimum Gasteiger partial charge on any atom is -0.448 e. The second-order valence-electron chi connectivity index (χ2n) is 3.47. The highest BCUT2D eigenvalue weighted by Gasteiger charge is 2.03. The van der Waals surface area contributed by atoms with Crippen LogP contribution in [-0.4, -0.2) is 0 Å². The van der Waals surface area contributed by atoms with E-state index in [4.69, 9.17) is 27.6 Å². The van der Waals surface area contributed by atoms with Gasteiger partial charge in [-0.1, -0.05) is 17.7 Å². The van der Waals surface area contributed by atoms with Crippen molar-refractivity contribution in [2.24, 2.45) is 0 Å². The standard InChI is InChI=1S/C12H11Cl2NO/c1-8-10(13)3-2-4-11(8)15-7-9-5-6-12(14)16-9/h2-6,15H,7H2,1H3. The summed E-state index contributed by atoms with van der Waals surface area (Å²) in [5, 5.41) is 4.40. The van der Waals surface area contributed by atoms with E-state index in [1.165, 1.54) is 0 Å². The lowest BCUT2D eigenvalue weighted by Crippen LogP contribution is -1.99. The Morgan fingerprint density at radius 1 is 1.19 bits per heavy atom. The van der Waals surface area contributed by atoms with E-state index in [0.29, 0.717) is 11.8 Å². The lowest BCUT2D eigenvalue weighted by molar-refractivity contribution is 0.520. The average Bonchev–Trinajstić information content (AvgIpc) is 2.67. The Kier molecular flexibility index (Phi) is 3.42. The zero-order valence-electron chi connectivity index (χ0n) is 8.76. The van der Waals surface area contributed by atoms with Gasteiger partial charge >= 0.3 is 0 Å². The fraction of sp³-hybridized carbons (Fsp3) is 0.167. The highest BCUT2D eigenvalue weighted by molar-refractivity contribution is 6.31. The summed E-state index contributed by atoms with van der Waals surface area (Å²) < 4.78 is 5.25. The van der Waals surface area contributed by atoms with Crippen LogP contribution in [0, 0.1) is 6.92 Å². The van der Waals surface area contributed by atoms with Crippen molar-refractivity contribution in [3.8, 4) is 0 Å². The molecule has 0 radical (unpaired) electrons. The van der Waals surface area contributed by atoms with Crippen LogP contribution < -0.4 is 5.32 Å². The number of nitrogens with one attached hydrogen (secondary N) is 1. The molecule has 0 fully saturated rings. The van der Waals surface area contributed by atoms with Crippen molar-refractivity contribution < 1.29 is 4.42 Å². The molecular formula is C12H11Cl2NO. The summed E-state index contributed by atoms with van der Waals surface area (Å²) in [7, 11) is 0. The van der Waals surface area contributed by atoms with E-state index in [-0.39, 0.29) is 0 Å². The molecule has 0 spiro atoms. The van der Waals surface area contributed by atoms with Crippen LogP contribution in [0.1, 0.15) is 11.3 Å². The molecule has 16 heavy (non-hydrogen) atoms. The molecule has 1 aromatic heterocycles. The zero-order valence-corrected chi connectivity index (χ0v) is 10.3. The molecule has 2 rings (SSSR count). The molecule has 0 aliphatic carbocycles. The number of anilines is 1. The van der Waals surface area contributed by atoms with E-state index >= 15 is 0 Å². The summed E-state index contributed by atoms with van der Waals surface area (Å²) in [6.45, 7) is 2.56. The quantitative estimate of drug-likeness (QED) is 0.874. The molecule has 0 aliphatic rings. The van der Waals surface area contributed by atoms with Crippen LogP contribution in [0.2, 0.25) is 10.2 Å². The second kappa shape index (κ2) is 4.81. The van der Waals surface area contributed by atoms with E-state index in [9.17, 15) is 0 Å². The fourth-order valence-corrected chi connectivity index (χ4v) is 1.76. The van der Waals surface area contributed by atoms with Crippen molar-refractivity contribution in [2.75, 3.05) is 5.32 Å². The summed E-state index contributed by atoms with van der Waals surface area (Å²) >= 11 is 11.7. The maximum Gasteiger partial charge on any atom is 0.193 e. The van der Waals surface area contributed by atoms with Gasteiger partial charge in [-0.25, -0.2) is 0 Å². The Labute approximate surface area is 104 Å². The third-order valence-corrected chi connectivity index (χ3v) is 2.96. The van der Waals surface area contributed by atoms with Gasteiger partial charge in [0, 0.05) is 10.7 Å². The lowest BCUT2D eigenvalue weighted by Gasteiger charge is -2.08. The van der Waals surface area contributed by atoms with E-state index < -0.39 is 0 Å². The molecule has 0 bridgehead atoms. The van der Waals surface area contributed by atoms with Crippen LogP contribution in [0.3, 0.4) is 0 Å². The van der Waals surface area contributed by atoms with Gasteiger partial charge in [-0.15, -0.1) is 0 Å². The molecule has 4 heteroatoms. The first kappa shape index (κ1) is 11.4. The largest absolute Gasteiger partial charge is 0.448 e. The van der Waals surface area contributed by atoms with Crippen LogP contribution in [0.5, 0.6) is 0 Å². The predicted octanol–water partition coefficient (Wildman–Crippen LogP) is 4.51. The Morgan fingerprint density at radius 2 is 2.00 bits per heavy atom. The molecule has 0 aliphatic heterocycles. The van der Waals surface area contributed by atoms with Crippen molar-refractivity contribution in [3.05, 3.63) is 51.9 Å². The van der Waals surface area contributed by atoms with Gasteiger partial charge < -0.3 is 9.73 Å². The predicted molar refractivity (Wildman–Crippen MR) is 67.2 cm³/mol. The number of halogens is 2. The molecule has 1 aromatic carbocycles. The molecule has 0 atom stereocenters. The van der Waals surface area contributed by atoms with Crippen LogP contribution in [0.4, 0.5) is 5.69 Å². The molecule has 0 saturated carbocycles. The normalized spacial score (nSPS) is 10.4. The van der Waals surface area contributed by atoms with Gasteiger partial charge in [0.05, 0.1) is 6.54 Å². The van der Waals surface area contributed by atoms with Gasteiger partial charge in [0.15, 0.2) is 5.22 Å². The fourth-order valence-electron chi connectivity index (χ4n) is 1.43. The maximum absolute atomic E-state index is 6.02. The topological polar surface area (TPSA) is 25.2 Å². The number of benzene rings is 1. The summed E-state index contributed by atoms with van der Waals surface area (Å²) in [5.41, 5.74) is 2.03. The van der Waals surface area contributed by atoms with Gasteiger partial charge in [-0.05, 0) is 48.4 Å². The Morgan fingerprint density at radius 3 is 2.69 bits per heavy atom. The Balaban J connectivity index is 2.07. The number of rotatable bonds is 3. The van der Waals surface area contributed by atoms with Crippen LogP contribution >= 0.6 is 23.2 Å².